The molecule has 6 nitrogen and oxygen atoms in total. The van der Waals surface area contributed by atoms with Crippen molar-refractivity contribution in [2.24, 2.45) is 0 Å². The Morgan fingerprint density at radius 2 is 2.29 bits per heavy atom. The molecule has 0 radical (unpaired) electrons. The van der Waals surface area contributed by atoms with Crippen molar-refractivity contribution in [1.82, 2.24) is 9.29 Å². The summed E-state index contributed by atoms with van der Waals surface area (Å²) in [5.74, 6) is 0.282. The Morgan fingerprint density at radius 3 is 2.88 bits per heavy atom. The topological polar surface area (TPSA) is 96.5 Å². The lowest BCUT2D eigenvalue weighted by atomic mass is 10.2. The molecule has 0 aliphatic carbocycles. The molecule has 1 aliphatic heterocycles. The van der Waals surface area contributed by atoms with Crippen molar-refractivity contribution in [3.05, 3.63) is 18.3 Å². The van der Waals surface area contributed by atoms with Gasteiger partial charge in [0.1, 0.15) is 10.7 Å². The summed E-state index contributed by atoms with van der Waals surface area (Å²) in [6, 6.07) is 2.57. The normalized spacial score (nSPS) is 21.8. The summed E-state index contributed by atoms with van der Waals surface area (Å²) in [5, 5.41) is 9.15. The van der Waals surface area contributed by atoms with Gasteiger partial charge in [0.25, 0.3) is 0 Å². The number of hydrogen-bond acceptors (Lipinski definition) is 5. The van der Waals surface area contributed by atoms with Gasteiger partial charge in [-0.3, -0.25) is 0 Å². The molecular weight excluding hydrogens is 242 g/mol. The maximum atomic E-state index is 12.2. The lowest BCUT2D eigenvalue weighted by Gasteiger charge is -2.22. The van der Waals surface area contributed by atoms with Gasteiger partial charge in [-0.25, -0.2) is 13.4 Å². The molecule has 1 aliphatic rings. The zero-order chi connectivity index (χ0) is 12.5. The number of aliphatic hydroxyl groups excluding tert-OH is 1. The summed E-state index contributed by atoms with van der Waals surface area (Å²) >= 11 is 0. The van der Waals surface area contributed by atoms with E-state index < -0.39 is 10.0 Å². The van der Waals surface area contributed by atoms with E-state index in [0.29, 0.717) is 13.0 Å². The second kappa shape index (κ2) is 4.59. The standard InChI is InChI=1S/C10H15N3O3S/c11-10-4-3-9(6-12-10)17(15,16)13-5-1-2-8(13)7-14/h3-4,6,8,14H,1-2,5,7H2,(H2,11,12). The van der Waals surface area contributed by atoms with Crippen LogP contribution in [0.4, 0.5) is 5.82 Å². The first kappa shape index (κ1) is 12.3. The Bertz CT molecular complexity index is 486. The zero-order valence-electron chi connectivity index (χ0n) is 9.28. The predicted molar refractivity (Wildman–Crippen MR) is 62.6 cm³/mol. The molecule has 1 saturated heterocycles. The molecule has 1 unspecified atom stereocenters. The molecule has 94 valence electrons. The highest BCUT2D eigenvalue weighted by Crippen LogP contribution is 2.25. The minimum Gasteiger partial charge on any atom is -0.395 e. The summed E-state index contributed by atoms with van der Waals surface area (Å²) < 4.78 is 25.8. The van der Waals surface area contributed by atoms with Crippen molar-refractivity contribution in [3.63, 3.8) is 0 Å². The Labute approximate surface area is 100 Å². The third kappa shape index (κ3) is 2.26. The molecule has 0 spiro atoms. The first-order valence-corrected chi connectivity index (χ1v) is 6.84. The van der Waals surface area contributed by atoms with E-state index in [2.05, 4.69) is 4.98 Å². The first-order valence-electron chi connectivity index (χ1n) is 5.40. The highest BCUT2D eigenvalue weighted by atomic mass is 32.2. The Hall–Kier alpha value is -1.18. The van der Waals surface area contributed by atoms with E-state index in [9.17, 15) is 8.42 Å². The summed E-state index contributed by atoms with van der Waals surface area (Å²) in [6.07, 6.45) is 2.71. The molecule has 2 rings (SSSR count). The number of nitrogens with two attached hydrogens (primary N) is 1. The molecule has 1 aromatic heterocycles. The molecule has 2 heterocycles. The molecule has 0 bridgehead atoms. The van der Waals surface area contributed by atoms with Crippen molar-refractivity contribution in [3.8, 4) is 0 Å². The largest absolute Gasteiger partial charge is 0.395 e. The lowest BCUT2D eigenvalue weighted by Crippen LogP contribution is -2.37. The monoisotopic (exact) mass is 257 g/mol. The number of sulfonamides is 1. The second-order valence-corrected chi connectivity index (χ2v) is 5.90. The van der Waals surface area contributed by atoms with E-state index in [1.807, 2.05) is 0 Å². The van der Waals surface area contributed by atoms with E-state index in [-0.39, 0.29) is 23.4 Å². The fourth-order valence-corrected chi connectivity index (χ4v) is 3.62. The van der Waals surface area contributed by atoms with Crippen molar-refractivity contribution >= 4 is 15.8 Å². The molecule has 3 N–H and O–H groups in total. The van der Waals surface area contributed by atoms with Gasteiger partial charge in [-0.1, -0.05) is 0 Å². The average Bonchev–Trinajstić information content (AvgIpc) is 2.78. The molecule has 0 amide bonds. The van der Waals surface area contributed by atoms with Crippen molar-refractivity contribution < 1.29 is 13.5 Å². The van der Waals surface area contributed by atoms with Crippen LogP contribution in [0.5, 0.6) is 0 Å². The number of anilines is 1. The number of aliphatic hydroxyl groups is 1. The smallest absolute Gasteiger partial charge is 0.244 e. The van der Waals surface area contributed by atoms with E-state index in [1.165, 1.54) is 22.6 Å². The molecule has 1 atom stereocenters. The van der Waals surface area contributed by atoms with E-state index >= 15 is 0 Å². The zero-order valence-corrected chi connectivity index (χ0v) is 10.1. The van der Waals surface area contributed by atoms with E-state index in [4.69, 9.17) is 10.8 Å². The number of nitrogen functional groups attached to an aromatic ring is 1. The maximum Gasteiger partial charge on any atom is 0.244 e. The fraction of sp³-hybridized carbons (Fsp3) is 0.500. The van der Waals surface area contributed by atoms with Gasteiger partial charge in [-0.05, 0) is 25.0 Å². The van der Waals surface area contributed by atoms with Crippen LogP contribution in [0.25, 0.3) is 0 Å². The summed E-state index contributed by atoms with van der Waals surface area (Å²) in [6.45, 7) is 0.291. The van der Waals surface area contributed by atoms with Gasteiger partial charge in [-0.15, -0.1) is 0 Å². The van der Waals surface area contributed by atoms with Gasteiger partial charge in [0, 0.05) is 18.8 Å². The van der Waals surface area contributed by atoms with Crippen molar-refractivity contribution in [1.29, 1.82) is 0 Å². The van der Waals surface area contributed by atoms with Crippen molar-refractivity contribution in [2.75, 3.05) is 18.9 Å². The van der Waals surface area contributed by atoms with Crippen LogP contribution in [0, 0.1) is 0 Å². The lowest BCUT2D eigenvalue weighted by molar-refractivity contribution is 0.213. The van der Waals surface area contributed by atoms with E-state index in [0.717, 1.165) is 6.42 Å². The summed E-state index contributed by atoms with van der Waals surface area (Å²) in [5.41, 5.74) is 5.42. The SMILES string of the molecule is Nc1ccc(S(=O)(=O)N2CCCC2CO)cn1. The highest BCUT2D eigenvalue weighted by molar-refractivity contribution is 7.89. The number of pyridine rings is 1. The van der Waals surface area contributed by atoms with Gasteiger partial charge in [0.05, 0.1) is 6.61 Å². The minimum absolute atomic E-state index is 0.118. The van der Waals surface area contributed by atoms with Crippen LogP contribution in [0.3, 0.4) is 0 Å². The maximum absolute atomic E-state index is 12.2. The Balaban J connectivity index is 2.33. The summed E-state index contributed by atoms with van der Waals surface area (Å²) in [4.78, 5) is 3.89. The molecular formula is C10H15N3O3S. The molecule has 7 heteroatoms. The van der Waals surface area contributed by atoms with Gasteiger partial charge < -0.3 is 10.8 Å². The van der Waals surface area contributed by atoms with Gasteiger partial charge in [0.2, 0.25) is 10.0 Å². The second-order valence-electron chi connectivity index (χ2n) is 4.01. The van der Waals surface area contributed by atoms with Crippen LogP contribution in [-0.2, 0) is 10.0 Å². The predicted octanol–water partition coefficient (Wildman–Crippen LogP) is -0.191. The number of hydrogen-bond donors (Lipinski definition) is 2. The average molecular weight is 257 g/mol. The Kier molecular flexibility index (Phi) is 3.32. The first-order chi connectivity index (χ1) is 8.05. The van der Waals surface area contributed by atoms with Crippen LogP contribution in [-0.4, -0.2) is 42.0 Å². The third-order valence-electron chi connectivity index (χ3n) is 2.90. The van der Waals surface area contributed by atoms with Crippen LogP contribution >= 0.6 is 0 Å². The number of rotatable bonds is 3. The van der Waals surface area contributed by atoms with E-state index in [1.54, 1.807) is 0 Å². The van der Waals surface area contributed by atoms with Gasteiger partial charge in [0.15, 0.2) is 0 Å². The fourth-order valence-electron chi connectivity index (χ4n) is 1.99. The Morgan fingerprint density at radius 1 is 1.53 bits per heavy atom. The molecule has 1 fully saturated rings. The third-order valence-corrected chi connectivity index (χ3v) is 4.84. The quantitative estimate of drug-likeness (QED) is 0.782. The minimum atomic E-state index is -3.56. The van der Waals surface area contributed by atoms with Gasteiger partial charge >= 0.3 is 0 Å². The number of nitrogens with zero attached hydrogens (tertiary/aromatic N) is 2. The van der Waals surface area contributed by atoms with Gasteiger partial charge in [-0.2, -0.15) is 4.31 Å². The van der Waals surface area contributed by atoms with Crippen LogP contribution in [0.15, 0.2) is 23.2 Å². The van der Waals surface area contributed by atoms with Crippen molar-refractivity contribution in [2.45, 2.75) is 23.8 Å². The van der Waals surface area contributed by atoms with Crippen LogP contribution in [0.2, 0.25) is 0 Å². The molecule has 0 saturated carbocycles. The molecule has 1 aromatic rings. The highest BCUT2D eigenvalue weighted by Gasteiger charge is 2.34. The summed E-state index contributed by atoms with van der Waals surface area (Å²) in [7, 11) is -3.56. The number of aromatic nitrogens is 1. The molecule has 17 heavy (non-hydrogen) atoms. The van der Waals surface area contributed by atoms with Crippen LogP contribution < -0.4 is 5.73 Å². The van der Waals surface area contributed by atoms with Crippen LogP contribution in [0.1, 0.15) is 12.8 Å². The molecule has 0 aromatic carbocycles.